The Kier molecular flexibility index (Phi) is 7.26. The molecular weight excluding hydrogens is 314 g/mol. The Morgan fingerprint density at radius 1 is 1.33 bits per heavy atom. The van der Waals surface area contributed by atoms with E-state index in [1.807, 2.05) is 4.90 Å². The van der Waals surface area contributed by atoms with E-state index in [2.05, 4.69) is 5.32 Å². The van der Waals surface area contributed by atoms with Crippen molar-refractivity contribution in [3.05, 3.63) is 0 Å². The van der Waals surface area contributed by atoms with Crippen molar-refractivity contribution in [2.75, 3.05) is 66.8 Å². The van der Waals surface area contributed by atoms with Crippen LogP contribution in [-0.4, -0.2) is 94.1 Å². The van der Waals surface area contributed by atoms with Gasteiger partial charge in [-0.15, -0.1) is 0 Å². The van der Waals surface area contributed by atoms with Gasteiger partial charge in [0.05, 0.1) is 18.8 Å². The lowest BCUT2D eigenvalue weighted by Gasteiger charge is -2.40. The maximum Gasteiger partial charge on any atom is 0.317 e. The molecule has 24 heavy (non-hydrogen) atoms. The number of hydrogen-bond acceptors (Lipinski definition) is 5. The second-order valence-electron chi connectivity index (χ2n) is 6.31. The van der Waals surface area contributed by atoms with Crippen LogP contribution >= 0.6 is 0 Å². The highest BCUT2D eigenvalue weighted by atomic mass is 16.5. The molecule has 138 valence electrons. The first-order valence-corrected chi connectivity index (χ1v) is 8.52. The normalized spacial score (nSPS) is 24.5. The SMILES string of the molecule is COCCCN1C(=O)CCN(C(=O)NCCOC)CC12CCOC2. The van der Waals surface area contributed by atoms with Crippen LogP contribution in [0.25, 0.3) is 0 Å². The number of rotatable bonds is 7. The number of nitrogens with one attached hydrogen (secondary N) is 1. The molecule has 3 amide bonds. The summed E-state index contributed by atoms with van der Waals surface area (Å²) in [5, 5.41) is 2.84. The van der Waals surface area contributed by atoms with Crippen molar-refractivity contribution in [1.29, 1.82) is 0 Å². The second kappa shape index (κ2) is 9.19. The van der Waals surface area contributed by atoms with Gasteiger partial charge in [0.25, 0.3) is 0 Å². The summed E-state index contributed by atoms with van der Waals surface area (Å²) in [6.45, 7) is 4.21. The van der Waals surface area contributed by atoms with Gasteiger partial charge in [-0.05, 0) is 12.8 Å². The van der Waals surface area contributed by atoms with Crippen molar-refractivity contribution in [2.24, 2.45) is 0 Å². The molecule has 2 heterocycles. The molecule has 8 heteroatoms. The van der Waals surface area contributed by atoms with Crippen LogP contribution in [0.2, 0.25) is 0 Å². The maximum absolute atomic E-state index is 12.6. The number of nitrogens with zero attached hydrogens (tertiary/aromatic N) is 2. The summed E-state index contributed by atoms with van der Waals surface area (Å²) in [6, 6.07) is -0.148. The standard InChI is InChI=1S/C16H29N3O5/c1-22-9-3-7-19-14(20)4-8-18(15(21)17-6-11-23-2)12-16(19)5-10-24-13-16/h3-13H2,1-2H3,(H,17,21). The molecule has 1 N–H and O–H groups in total. The fourth-order valence-electron chi connectivity index (χ4n) is 3.36. The van der Waals surface area contributed by atoms with Crippen LogP contribution in [0.1, 0.15) is 19.3 Å². The number of ether oxygens (including phenoxy) is 3. The third kappa shape index (κ3) is 4.58. The molecule has 1 spiro atoms. The number of carbonyl (C=O) groups excluding carboxylic acids is 2. The van der Waals surface area contributed by atoms with Crippen molar-refractivity contribution < 1.29 is 23.8 Å². The lowest BCUT2D eigenvalue weighted by atomic mass is 9.95. The molecule has 2 rings (SSSR count). The number of carbonyl (C=O) groups is 2. The molecule has 0 radical (unpaired) electrons. The van der Waals surface area contributed by atoms with Gasteiger partial charge in [0.15, 0.2) is 0 Å². The monoisotopic (exact) mass is 343 g/mol. The summed E-state index contributed by atoms with van der Waals surface area (Å²) in [7, 11) is 3.25. The summed E-state index contributed by atoms with van der Waals surface area (Å²) in [6.07, 6.45) is 1.88. The second-order valence-corrected chi connectivity index (χ2v) is 6.31. The van der Waals surface area contributed by atoms with E-state index in [1.54, 1.807) is 19.1 Å². The minimum absolute atomic E-state index is 0.0868. The predicted octanol–water partition coefficient (Wildman–Crippen LogP) is 0.0723. The number of methoxy groups -OCH3 is 2. The van der Waals surface area contributed by atoms with E-state index in [4.69, 9.17) is 14.2 Å². The van der Waals surface area contributed by atoms with Crippen LogP contribution in [0, 0.1) is 0 Å². The van der Waals surface area contributed by atoms with Gasteiger partial charge >= 0.3 is 6.03 Å². The molecule has 2 aliphatic heterocycles. The average Bonchev–Trinajstić information content (AvgIpc) is 2.99. The van der Waals surface area contributed by atoms with Gasteiger partial charge in [-0.3, -0.25) is 4.79 Å². The first-order chi connectivity index (χ1) is 11.6. The van der Waals surface area contributed by atoms with Crippen LogP contribution in [0.4, 0.5) is 4.79 Å². The molecule has 0 aromatic carbocycles. The fourth-order valence-corrected chi connectivity index (χ4v) is 3.36. The Bertz CT molecular complexity index is 426. The fraction of sp³-hybridized carbons (Fsp3) is 0.875. The summed E-state index contributed by atoms with van der Waals surface area (Å²) < 4.78 is 15.7. The van der Waals surface area contributed by atoms with Gasteiger partial charge in [-0.2, -0.15) is 0 Å². The van der Waals surface area contributed by atoms with E-state index >= 15 is 0 Å². The number of urea groups is 1. The van der Waals surface area contributed by atoms with E-state index in [9.17, 15) is 9.59 Å². The lowest BCUT2D eigenvalue weighted by molar-refractivity contribution is -0.136. The minimum Gasteiger partial charge on any atom is -0.385 e. The number of hydrogen-bond donors (Lipinski definition) is 1. The van der Waals surface area contributed by atoms with E-state index in [0.29, 0.717) is 59.0 Å². The van der Waals surface area contributed by atoms with E-state index in [0.717, 1.165) is 12.8 Å². The van der Waals surface area contributed by atoms with Gasteiger partial charge in [0.1, 0.15) is 0 Å². The van der Waals surface area contributed by atoms with Crippen molar-refractivity contribution in [2.45, 2.75) is 24.8 Å². The Hall–Kier alpha value is -1.38. The molecule has 2 aliphatic rings. The zero-order valence-electron chi connectivity index (χ0n) is 14.7. The topological polar surface area (TPSA) is 80.3 Å². The predicted molar refractivity (Wildman–Crippen MR) is 87.8 cm³/mol. The lowest BCUT2D eigenvalue weighted by Crippen LogP contribution is -2.58. The Morgan fingerprint density at radius 2 is 2.12 bits per heavy atom. The summed E-state index contributed by atoms with van der Waals surface area (Å²) in [4.78, 5) is 28.7. The van der Waals surface area contributed by atoms with Gasteiger partial charge < -0.3 is 29.3 Å². The minimum atomic E-state index is -0.417. The summed E-state index contributed by atoms with van der Waals surface area (Å²) >= 11 is 0. The summed E-state index contributed by atoms with van der Waals surface area (Å²) in [5.74, 6) is 0.0868. The van der Waals surface area contributed by atoms with Crippen LogP contribution < -0.4 is 5.32 Å². The van der Waals surface area contributed by atoms with E-state index in [-0.39, 0.29) is 11.9 Å². The number of amides is 3. The molecular formula is C16H29N3O5. The van der Waals surface area contributed by atoms with Gasteiger partial charge in [0, 0.05) is 60.0 Å². The molecule has 0 aromatic rings. The molecule has 0 aliphatic carbocycles. The highest BCUT2D eigenvalue weighted by Crippen LogP contribution is 2.30. The van der Waals surface area contributed by atoms with Crippen molar-refractivity contribution in [3.8, 4) is 0 Å². The molecule has 1 atom stereocenters. The largest absolute Gasteiger partial charge is 0.385 e. The van der Waals surface area contributed by atoms with Crippen molar-refractivity contribution in [1.82, 2.24) is 15.1 Å². The molecule has 0 aromatic heterocycles. The Morgan fingerprint density at radius 3 is 2.79 bits per heavy atom. The van der Waals surface area contributed by atoms with Gasteiger partial charge in [-0.25, -0.2) is 4.79 Å². The third-order valence-corrected chi connectivity index (χ3v) is 4.64. The molecule has 1 unspecified atom stereocenters. The molecule has 2 saturated heterocycles. The maximum atomic E-state index is 12.6. The first kappa shape index (κ1) is 19.0. The van der Waals surface area contributed by atoms with Crippen LogP contribution in [0.3, 0.4) is 0 Å². The van der Waals surface area contributed by atoms with Gasteiger partial charge in [0.2, 0.25) is 5.91 Å². The van der Waals surface area contributed by atoms with Crippen molar-refractivity contribution >= 4 is 11.9 Å². The highest BCUT2D eigenvalue weighted by Gasteiger charge is 2.46. The average molecular weight is 343 g/mol. The van der Waals surface area contributed by atoms with Crippen LogP contribution in [0.5, 0.6) is 0 Å². The molecule has 8 nitrogen and oxygen atoms in total. The molecule has 0 bridgehead atoms. The first-order valence-electron chi connectivity index (χ1n) is 8.52. The quantitative estimate of drug-likeness (QED) is 0.662. The van der Waals surface area contributed by atoms with E-state index in [1.165, 1.54) is 0 Å². The smallest absolute Gasteiger partial charge is 0.317 e. The van der Waals surface area contributed by atoms with E-state index < -0.39 is 5.54 Å². The molecule has 2 fully saturated rings. The highest BCUT2D eigenvalue weighted by molar-refractivity contribution is 5.80. The van der Waals surface area contributed by atoms with Crippen LogP contribution in [-0.2, 0) is 19.0 Å². The Labute approximate surface area is 143 Å². The third-order valence-electron chi connectivity index (χ3n) is 4.64. The Balaban J connectivity index is 2.06. The summed E-state index contributed by atoms with van der Waals surface area (Å²) in [5.41, 5.74) is -0.417. The zero-order valence-corrected chi connectivity index (χ0v) is 14.7. The van der Waals surface area contributed by atoms with Crippen molar-refractivity contribution in [3.63, 3.8) is 0 Å². The van der Waals surface area contributed by atoms with Crippen LogP contribution in [0.15, 0.2) is 0 Å². The zero-order chi connectivity index (χ0) is 17.4. The molecule has 0 saturated carbocycles. The van der Waals surface area contributed by atoms with Gasteiger partial charge in [-0.1, -0.05) is 0 Å².